The highest BCUT2D eigenvalue weighted by molar-refractivity contribution is 6.51. The molecule has 0 amide bonds. The second-order valence-electron chi connectivity index (χ2n) is 4.67. The van der Waals surface area contributed by atoms with Crippen LogP contribution in [0.1, 0.15) is 45.1 Å². The molecule has 1 aromatic rings. The Morgan fingerprint density at radius 1 is 1.06 bits per heavy atom. The van der Waals surface area contributed by atoms with Gasteiger partial charge in [-0.25, -0.2) is 0 Å². The summed E-state index contributed by atoms with van der Waals surface area (Å²) in [5.74, 6) is 0.557. The first kappa shape index (κ1) is 14.3. The summed E-state index contributed by atoms with van der Waals surface area (Å²) in [4.78, 5) is 0. The predicted molar refractivity (Wildman–Crippen MR) is 76.8 cm³/mol. The summed E-state index contributed by atoms with van der Waals surface area (Å²) in [5, 5.41) is 0. The minimum Gasteiger partial charge on any atom is -0.435 e. The van der Waals surface area contributed by atoms with E-state index in [9.17, 15) is 0 Å². The monoisotopic (exact) mass is 232 g/mol. The molecule has 94 valence electrons. The second-order valence-corrected chi connectivity index (χ2v) is 4.67. The summed E-state index contributed by atoms with van der Waals surface area (Å²) in [6.45, 7) is 7.94. The van der Waals surface area contributed by atoms with Crippen LogP contribution < -0.4 is 0 Å². The van der Waals surface area contributed by atoms with E-state index in [2.05, 4.69) is 51.1 Å². The quantitative estimate of drug-likeness (QED) is 0.594. The maximum Gasteiger partial charge on any atom is 0.292 e. The molecule has 1 nitrogen and oxygen atoms in total. The summed E-state index contributed by atoms with van der Waals surface area (Å²) < 4.78 is 6.01. The van der Waals surface area contributed by atoms with E-state index in [1.165, 1.54) is 18.4 Å². The second kappa shape index (κ2) is 8.35. The van der Waals surface area contributed by atoms with Crippen molar-refractivity contribution >= 4 is 6.92 Å². The Hall–Kier alpha value is -0.755. The van der Waals surface area contributed by atoms with Gasteiger partial charge in [0.25, 0.3) is 6.92 Å². The molecular weight excluding hydrogens is 207 g/mol. The lowest BCUT2D eigenvalue weighted by Gasteiger charge is -2.19. The first-order valence-corrected chi connectivity index (χ1v) is 6.98. The Labute approximate surface area is 107 Å². The molecule has 0 spiro atoms. The van der Waals surface area contributed by atoms with Gasteiger partial charge in [0.15, 0.2) is 0 Å². The predicted octanol–water partition coefficient (Wildman–Crippen LogP) is 4.62. The molecule has 0 heterocycles. The SMILES string of the molecule is CCCC(COB(CC)CC)c1ccccc1. The van der Waals surface area contributed by atoms with Gasteiger partial charge in [0.05, 0.1) is 0 Å². The van der Waals surface area contributed by atoms with Crippen LogP contribution in [-0.2, 0) is 4.65 Å². The highest BCUT2D eigenvalue weighted by atomic mass is 16.4. The van der Waals surface area contributed by atoms with E-state index in [1.807, 2.05) is 0 Å². The molecule has 0 saturated heterocycles. The highest BCUT2D eigenvalue weighted by Gasteiger charge is 2.15. The van der Waals surface area contributed by atoms with E-state index in [1.54, 1.807) is 0 Å². The van der Waals surface area contributed by atoms with Crippen LogP contribution in [0.15, 0.2) is 30.3 Å². The van der Waals surface area contributed by atoms with Gasteiger partial charge in [-0.3, -0.25) is 0 Å². The van der Waals surface area contributed by atoms with Gasteiger partial charge < -0.3 is 4.65 Å². The third-order valence-corrected chi connectivity index (χ3v) is 3.35. The molecule has 0 N–H and O–H groups in total. The molecule has 2 heteroatoms. The van der Waals surface area contributed by atoms with Gasteiger partial charge in [0.2, 0.25) is 0 Å². The van der Waals surface area contributed by atoms with Crippen LogP contribution in [0.25, 0.3) is 0 Å². The van der Waals surface area contributed by atoms with Crippen LogP contribution in [0, 0.1) is 0 Å². The lowest BCUT2D eigenvalue weighted by Crippen LogP contribution is -2.19. The van der Waals surface area contributed by atoms with Crippen molar-refractivity contribution in [1.82, 2.24) is 0 Å². The van der Waals surface area contributed by atoms with Crippen LogP contribution in [0.5, 0.6) is 0 Å². The smallest absolute Gasteiger partial charge is 0.292 e. The van der Waals surface area contributed by atoms with Gasteiger partial charge in [-0.1, -0.05) is 70.2 Å². The maximum absolute atomic E-state index is 6.01. The molecule has 0 aliphatic carbocycles. The number of benzene rings is 1. The van der Waals surface area contributed by atoms with Gasteiger partial charge in [-0.05, 0) is 12.0 Å². The molecule has 0 aromatic heterocycles. The van der Waals surface area contributed by atoms with Gasteiger partial charge in [0, 0.05) is 12.5 Å². The molecule has 0 fully saturated rings. The normalized spacial score (nSPS) is 12.4. The Morgan fingerprint density at radius 2 is 1.71 bits per heavy atom. The average molecular weight is 232 g/mol. The zero-order valence-electron chi connectivity index (χ0n) is 11.5. The van der Waals surface area contributed by atoms with Gasteiger partial charge in [-0.2, -0.15) is 0 Å². The van der Waals surface area contributed by atoms with Crippen LogP contribution in [-0.4, -0.2) is 13.5 Å². The molecule has 0 saturated carbocycles. The Kier molecular flexibility index (Phi) is 7.03. The summed E-state index contributed by atoms with van der Waals surface area (Å²) >= 11 is 0. The molecule has 17 heavy (non-hydrogen) atoms. The van der Waals surface area contributed by atoms with E-state index in [0.717, 1.165) is 19.2 Å². The van der Waals surface area contributed by atoms with Crippen molar-refractivity contribution in [2.45, 2.75) is 52.2 Å². The minimum atomic E-state index is 0.429. The molecule has 0 aliphatic rings. The van der Waals surface area contributed by atoms with E-state index in [0.29, 0.717) is 12.8 Å². The summed E-state index contributed by atoms with van der Waals surface area (Å²) in [7, 11) is 0. The third kappa shape index (κ3) is 4.95. The first-order valence-electron chi connectivity index (χ1n) is 6.98. The zero-order valence-corrected chi connectivity index (χ0v) is 11.5. The molecule has 1 unspecified atom stereocenters. The molecule has 1 aromatic carbocycles. The van der Waals surface area contributed by atoms with Crippen molar-refractivity contribution in [3.8, 4) is 0 Å². The van der Waals surface area contributed by atoms with Crippen molar-refractivity contribution in [2.75, 3.05) is 6.61 Å². The largest absolute Gasteiger partial charge is 0.435 e. The first-order chi connectivity index (χ1) is 8.31. The van der Waals surface area contributed by atoms with E-state index in [-0.39, 0.29) is 0 Å². The summed E-state index contributed by atoms with van der Waals surface area (Å²) in [6, 6.07) is 10.8. The average Bonchev–Trinajstić information content (AvgIpc) is 2.39. The minimum absolute atomic E-state index is 0.429. The van der Waals surface area contributed by atoms with E-state index >= 15 is 0 Å². The molecule has 0 aliphatic heterocycles. The van der Waals surface area contributed by atoms with Crippen molar-refractivity contribution in [2.24, 2.45) is 0 Å². The van der Waals surface area contributed by atoms with Crippen LogP contribution in [0.4, 0.5) is 0 Å². The Morgan fingerprint density at radius 3 is 2.24 bits per heavy atom. The van der Waals surface area contributed by atoms with Crippen molar-refractivity contribution in [3.05, 3.63) is 35.9 Å². The van der Waals surface area contributed by atoms with Crippen LogP contribution in [0.3, 0.4) is 0 Å². The van der Waals surface area contributed by atoms with Gasteiger partial charge in [-0.15, -0.1) is 0 Å². The topological polar surface area (TPSA) is 9.23 Å². The third-order valence-electron chi connectivity index (χ3n) is 3.35. The van der Waals surface area contributed by atoms with Crippen molar-refractivity contribution in [3.63, 3.8) is 0 Å². The maximum atomic E-state index is 6.01. The highest BCUT2D eigenvalue weighted by Crippen LogP contribution is 2.22. The molecule has 1 rings (SSSR count). The van der Waals surface area contributed by atoms with Gasteiger partial charge >= 0.3 is 0 Å². The van der Waals surface area contributed by atoms with E-state index in [4.69, 9.17) is 4.65 Å². The number of hydrogen-bond donors (Lipinski definition) is 0. The lowest BCUT2D eigenvalue weighted by atomic mass is 9.62. The fraction of sp³-hybridized carbons (Fsp3) is 0.600. The molecule has 0 radical (unpaired) electrons. The van der Waals surface area contributed by atoms with Crippen LogP contribution >= 0.6 is 0 Å². The fourth-order valence-corrected chi connectivity index (χ4v) is 2.20. The molecule has 1 atom stereocenters. The number of rotatable bonds is 8. The molecule has 0 bridgehead atoms. The zero-order chi connectivity index (χ0) is 12.5. The van der Waals surface area contributed by atoms with E-state index < -0.39 is 0 Å². The Balaban J connectivity index is 2.55. The number of hydrogen-bond acceptors (Lipinski definition) is 1. The Bertz CT molecular complexity index is 282. The fourth-order valence-electron chi connectivity index (χ4n) is 2.20. The lowest BCUT2D eigenvalue weighted by molar-refractivity contribution is 0.281. The molecular formula is C15H25BO. The summed E-state index contributed by atoms with van der Waals surface area (Å²) in [6.07, 6.45) is 4.66. The van der Waals surface area contributed by atoms with Crippen LogP contribution in [0.2, 0.25) is 12.6 Å². The van der Waals surface area contributed by atoms with Crippen molar-refractivity contribution in [1.29, 1.82) is 0 Å². The standard InChI is InChI=1S/C15H25BO/c1-4-10-15(13-17-16(5-2)6-3)14-11-8-7-9-12-14/h7-9,11-12,15H,4-6,10,13H2,1-3H3. The summed E-state index contributed by atoms with van der Waals surface area (Å²) in [5.41, 5.74) is 1.42. The van der Waals surface area contributed by atoms with Gasteiger partial charge in [0.1, 0.15) is 0 Å². The van der Waals surface area contributed by atoms with Crippen molar-refractivity contribution < 1.29 is 4.65 Å².